The van der Waals surface area contributed by atoms with Gasteiger partial charge in [0.15, 0.2) is 11.6 Å². The molecule has 3 heterocycles. The van der Waals surface area contributed by atoms with Crippen molar-refractivity contribution in [2.45, 2.75) is 38.0 Å². The van der Waals surface area contributed by atoms with Crippen molar-refractivity contribution >= 4 is 34.8 Å². The van der Waals surface area contributed by atoms with Crippen LogP contribution in [-0.4, -0.2) is 73.4 Å². The van der Waals surface area contributed by atoms with Gasteiger partial charge in [-0.3, -0.25) is 14.4 Å². The Hall–Kier alpha value is -4.85. The minimum absolute atomic E-state index is 0.175. The van der Waals surface area contributed by atoms with E-state index >= 15 is 0 Å². The van der Waals surface area contributed by atoms with Gasteiger partial charge in [-0.1, -0.05) is 12.1 Å². The van der Waals surface area contributed by atoms with Crippen LogP contribution in [0.4, 0.5) is 17.1 Å². The first-order chi connectivity index (χ1) is 21.0. The van der Waals surface area contributed by atoms with Gasteiger partial charge in [0.2, 0.25) is 5.91 Å². The zero-order chi connectivity index (χ0) is 29.8. The van der Waals surface area contributed by atoms with Gasteiger partial charge in [0, 0.05) is 63.7 Å². The summed E-state index contributed by atoms with van der Waals surface area (Å²) in [4.78, 5) is 48.7. The maximum Gasteiger partial charge on any atom is 0.277 e. The fraction of sp³-hybridized carbons (Fsp3) is 0.406. The molecule has 0 spiro atoms. The molecule has 2 N–H and O–H groups in total. The van der Waals surface area contributed by atoms with Crippen LogP contribution in [0.3, 0.4) is 0 Å². The number of nitrogens with one attached hydrogen (secondary N) is 2. The maximum absolute atomic E-state index is 13.2. The first kappa shape index (κ1) is 28.3. The van der Waals surface area contributed by atoms with Crippen LogP contribution in [-0.2, 0) is 4.79 Å². The number of nitriles is 1. The van der Waals surface area contributed by atoms with Gasteiger partial charge >= 0.3 is 0 Å². The van der Waals surface area contributed by atoms with E-state index in [0.29, 0.717) is 74.8 Å². The highest BCUT2D eigenvalue weighted by Gasteiger charge is 2.30. The lowest BCUT2D eigenvalue weighted by Gasteiger charge is -2.38. The monoisotopic (exact) mass is 581 g/mol. The Morgan fingerprint density at radius 1 is 1.00 bits per heavy atom. The van der Waals surface area contributed by atoms with E-state index in [-0.39, 0.29) is 23.4 Å². The van der Waals surface area contributed by atoms with Crippen molar-refractivity contribution in [1.29, 1.82) is 5.26 Å². The molecule has 3 fully saturated rings. The molecule has 11 heteroatoms. The molecule has 3 aliphatic rings. The summed E-state index contributed by atoms with van der Waals surface area (Å²) >= 11 is 0. The van der Waals surface area contributed by atoms with E-state index < -0.39 is 5.91 Å². The number of carbonyl (C=O) groups is 3. The van der Waals surface area contributed by atoms with Crippen LogP contribution in [0, 0.1) is 11.3 Å². The third-order valence-electron chi connectivity index (χ3n) is 8.24. The molecule has 0 bridgehead atoms. The van der Waals surface area contributed by atoms with Gasteiger partial charge in [0.05, 0.1) is 22.6 Å². The Morgan fingerprint density at radius 3 is 2.49 bits per heavy atom. The van der Waals surface area contributed by atoms with Gasteiger partial charge in [-0.25, -0.2) is 4.98 Å². The number of aromatic nitrogens is 1. The Bertz CT molecular complexity index is 1550. The highest BCUT2D eigenvalue weighted by atomic mass is 16.3. The number of anilines is 3. The van der Waals surface area contributed by atoms with Gasteiger partial charge in [0.1, 0.15) is 12.3 Å². The van der Waals surface area contributed by atoms with Crippen molar-refractivity contribution in [2.24, 2.45) is 0 Å². The maximum atomic E-state index is 13.2. The van der Waals surface area contributed by atoms with E-state index in [4.69, 9.17) is 4.42 Å². The van der Waals surface area contributed by atoms with Gasteiger partial charge in [0.25, 0.3) is 11.8 Å². The molecule has 1 aliphatic carbocycles. The number of benzene rings is 2. The third-order valence-corrected chi connectivity index (χ3v) is 8.24. The number of hydrogen-bond donors (Lipinski definition) is 2. The lowest BCUT2D eigenvalue weighted by atomic mass is 10.1. The number of para-hydroxylation sites is 1. The third kappa shape index (κ3) is 6.48. The van der Waals surface area contributed by atoms with Crippen molar-refractivity contribution < 1.29 is 18.8 Å². The standard InChI is InChI=1S/C32H35N7O4/c33-20-24-5-1-2-6-27(24)37-15-17-38(18-16-37)28-11-10-23(30(41)34-12-4-14-39-13-3-7-29(39)40)19-25(28)35-31(42)26-21-43-32(36-26)22-8-9-22/h1-2,5-6,10-11,19,21-22H,3-4,7-9,12-18H2,(H,34,41)(H,35,42). The molecule has 2 aromatic carbocycles. The van der Waals surface area contributed by atoms with Gasteiger partial charge < -0.3 is 29.8 Å². The average Bonchev–Trinajstić information content (AvgIpc) is 3.62. The molecule has 222 valence electrons. The topological polar surface area (TPSA) is 135 Å². The number of rotatable bonds is 10. The molecule has 3 amide bonds. The predicted octanol–water partition coefficient (Wildman–Crippen LogP) is 3.74. The van der Waals surface area contributed by atoms with Crippen LogP contribution in [0.2, 0.25) is 0 Å². The molecule has 0 radical (unpaired) electrons. The van der Waals surface area contributed by atoms with E-state index in [1.807, 2.05) is 35.2 Å². The average molecular weight is 582 g/mol. The number of oxazole rings is 1. The first-order valence-electron chi connectivity index (χ1n) is 15.0. The fourth-order valence-corrected chi connectivity index (χ4v) is 5.70. The summed E-state index contributed by atoms with van der Waals surface area (Å²) in [7, 11) is 0. The van der Waals surface area contributed by atoms with Crippen molar-refractivity contribution in [3.8, 4) is 6.07 Å². The van der Waals surface area contributed by atoms with E-state index in [1.54, 1.807) is 12.1 Å². The van der Waals surface area contributed by atoms with Crippen LogP contribution in [0.1, 0.15) is 70.3 Å². The molecule has 3 aromatic rings. The highest BCUT2D eigenvalue weighted by molar-refractivity contribution is 6.06. The smallest absolute Gasteiger partial charge is 0.277 e. The summed E-state index contributed by atoms with van der Waals surface area (Å²) in [6.45, 7) is 4.58. The normalized spacial score (nSPS) is 16.7. The molecule has 43 heavy (non-hydrogen) atoms. The van der Waals surface area contributed by atoms with E-state index in [1.165, 1.54) is 6.26 Å². The van der Waals surface area contributed by atoms with Crippen molar-refractivity contribution in [3.63, 3.8) is 0 Å². The Balaban J connectivity index is 1.16. The van der Waals surface area contributed by atoms with Crippen molar-refractivity contribution in [2.75, 3.05) is 60.9 Å². The largest absolute Gasteiger partial charge is 0.448 e. The molecule has 0 atom stereocenters. The van der Waals surface area contributed by atoms with Crippen LogP contribution in [0.5, 0.6) is 0 Å². The summed E-state index contributed by atoms with van der Waals surface area (Å²) in [5.41, 5.74) is 3.51. The molecule has 11 nitrogen and oxygen atoms in total. The molecule has 1 saturated carbocycles. The van der Waals surface area contributed by atoms with E-state index in [9.17, 15) is 19.6 Å². The number of amides is 3. The molecular formula is C32H35N7O4. The number of nitrogens with zero attached hydrogens (tertiary/aromatic N) is 5. The van der Waals surface area contributed by atoms with E-state index in [0.717, 1.165) is 37.2 Å². The van der Waals surface area contributed by atoms with Crippen LogP contribution in [0.25, 0.3) is 0 Å². The molecule has 6 rings (SSSR count). The predicted molar refractivity (Wildman–Crippen MR) is 161 cm³/mol. The minimum atomic E-state index is -0.397. The number of carbonyl (C=O) groups excluding carboxylic acids is 3. The molecule has 1 aromatic heterocycles. The summed E-state index contributed by atoms with van der Waals surface area (Å²) in [5.74, 6) is 0.406. The van der Waals surface area contributed by atoms with Crippen LogP contribution >= 0.6 is 0 Å². The fourth-order valence-electron chi connectivity index (χ4n) is 5.70. The number of piperazine rings is 1. The second kappa shape index (κ2) is 12.6. The van der Waals surface area contributed by atoms with Crippen molar-refractivity contribution in [1.82, 2.24) is 15.2 Å². The summed E-state index contributed by atoms with van der Waals surface area (Å²) < 4.78 is 5.53. The summed E-state index contributed by atoms with van der Waals surface area (Å²) in [6, 6.07) is 15.2. The Labute approximate surface area is 250 Å². The van der Waals surface area contributed by atoms with Gasteiger partial charge in [-0.05, 0) is 56.0 Å². The zero-order valence-corrected chi connectivity index (χ0v) is 24.1. The Kier molecular flexibility index (Phi) is 8.27. The lowest BCUT2D eigenvalue weighted by Crippen LogP contribution is -2.47. The number of hydrogen-bond acceptors (Lipinski definition) is 8. The second-order valence-corrected chi connectivity index (χ2v) is 11.2. The Morgan fingerprint density at radius 2 is 1.77 bits per heavy atom. The van der Waals surface area contributed by atoms with Crippen LogP contribution < -0.4 is 20.4 Å². The SMILES string of the molecule is N#Cc1ccccc1N1CCN(c2ccc(C(=O)NCCCN3CCCC3=O)cc2NC(=O)c2coc(C3CC3)n2)CC1. The molecule has 2 aliphatic heterocycles. The summed E-state index contributed by atoms with van der Waals surface area (Å²) in [5, 5.41) is 15.5. The number of likely N-dealkylation sites (tertiary alicyclic amines) is 1. The van der Waals surface area contributed by atoms with Crippen LogP contribution in [0.15, 0.2) is 53.1 Å². The second-order valence-electron chi connectivity index (χ2n) is 11.2. The van der Waals surface area contributed by atoms with E-state index in [2.05, 4.69) is 31.5 Å². The molecule has 2 saturated heterocycles. The highest BCUT2D eigenvalue weighted by Crippen LogP contribution is 2.39. The van der Waals surface area contributed by atoms with Crippen molar-refractivity contribution in [3.05, 3.63) is 71.4 Å². The van der Waals surface area contributed by atoms with Gasteiger partial charge in [-0.2, -0.15) is 5.26 Å². The molecular weight excluding hydrogens is 546 g/mol. The zero-order valence-electron chi connectivity index (χ0n) is 24.1. The van der Waals surface area contributed by atoms with Gasteiger partial charge in [-0.15, -0.1) is 0 Å². The quantitative estimate of drug-likeness (QED) is 0.346. The summed E-state index contributed by atoms with van der Waals surface area (Å²) in [6.07, 6.45) is 5.59. The molecule has 0 unspecified atom stereocenters. The lowest BCUT2D eigenvalue weighted by molar-refractivity contribution is -0.127. The minimum Gasteiger partial charge on any atom is -0.448 e. The first-order valence-corrected chi connectivity index (χ1v) is 15.0.